The molecular weight excluding hydrogens is 393 g/mol. The zero-order chi connectivity index (χ0) is 20.4. The predicted molar refractivity (Wildman–Crippen MR) is 87.8 cm³/mol. The number of pyridine rings is 1. The van der Waals surface area contributed by atoms with Gasteiger partial charge in [0, 0.05) is 23.4 Å². The lowest BCUT2D eigenvalue weighted by atomic mass is 9.89. The summed E-state index contributed by atoms with van der Waals surface area (Å²) in [6, 6.07) is 3.12. The van der Waals surface area contributed by atoms with Crippen LogP contribution < -0.4 is 4.74 Å². The van der Waals surface area contributed by atoms with E-state index in [-0.39, 0.29) is 22.0 Å². The van der Waals surface area contributed by atoms with Crippen molar-refractivity contribution < 1.29 is 32.4 Å². The Morgan fingerprint density at radius 2 is 1.93 bits per heavy atom. The van der Waals surface area contributed by atoms with Gasteiger partial charge in [0.25, 0.3) is 5.69 Å². The number of halogens is 4. The molecule has 0 N–H and O–H groups in total. The van der Waals surface area contributed by atoms with E-state index in [1.165, 1.54) is 19.4 Å². The first-order valence-electron chi connectivity index (χ1n) is 7.23. The number of rotatable bonds is 5. The SMILES string of the molecule is COC(=O)C(c1ccc(C(F)(F)F)cc1[N+](=O)[O-])c1cc(Cl)cnc1OC. The molecule has 1 heterocycles. The van der Waals surface area contributed by atoms with Gasteiger partial charge in [0.15, 0.2) is 0 Å². The smallest absolute Gasteiger partial charge is 0.416 e. The highest BCUT2D eigenvalue weighted by Gasteiger charge is 2.37. The van der Waals surface area contributed by atoms with Gasteiger partial charge in [-0.3, -0.25) is 14.9 Å². The second-order valence-corrected chi connectivity index (χ2v) is 5.67. The summed E-state index contributed by atoms with van der Waals surface area (Å²) < 4.78 is 48.5. The molecule has 27 heavy (non-hydrogen) atoms. The van der Waals surface area contributed by atoms with Crippen molar-refractivity contribution in [3.05, 3.63) is 62.3 Å². The maximum atomic E-state index is 12.9. The van der Waals surface area contributed by atoms with Gasteiger partial charge < -0.3 is 9.47 Å². The molecule has 1 atom stereocenters. The van der Waals surface area contributed by atoms with E-state index < -0.39 is 34.2 Å². The van der Waals surface area contributed by atoms with Crippen molar-refractivity contribution in [2.75, 3.05) is 14.2 Å². The number of carbonyl (C=O) groups excluding carboxylic acids is 1. The number of benzene rings is 1. The molecular formula is C16H12ClF3N2O5. The maximum absolute atomic E-state index is 12.9. The van der Waals surface area contributed by atoms with Crippen molar-refractivity contribution in [1.29, 1.82) is 0 Å². The van der Waals surface area contributed by atoms with Crippen LogP contribution in [0.15, 0.2) is 30.5 Å². The van der Waals surface area contributed by atoms with Gasteiger partial charge >= 0.3 is 12.1 Å². The fourth-order valence-corrected chi connectivity index (χ4v) is 2.65. The minimum absolute atomic E-state index is 0.0136. The average molecular weight is 405 g/mol. The molecule has 0 spiro atoms. The molecule has 0 aliphatic heterocycles. The van der Waals surface area contributed by atoms with E-state index in [9.17, 15) is 28.1 Å². The summed E-state index contributed by atoms with van der Waals surface area (Å²) in [5.41, 5.74) is -2.43. The van der Waals surface area contributed by atoms with Gasteiger partial charge in [-0.05, 0) is 12.1 Å². The summed E-state index contributed by atoms with van der Waals surface area (Å²) >= 11 is 5.89. The zero-order valence-corrected chi connectivity index (χ0v) is 14.7. The summed E-state index contributed by atoms with van der Waals surface area (Å²) in [5.74, 6) is -2.51. The van der Waals surface area contributed by atoms with Gasteiger partial charge in [0.2, 0.25) is 5.88 Å². The van der Waals surface area contributed by atoms with E-state index >= 15 is 0 Å². The fourth-order valence-electron chi connectivity index (χ4n) is 2.48. The normalized spacial score (nSPS) is 12.4. The highest BCUT2D eigenvalue weighted by Crippen LogP contribution is 2.40. The van der Waals surface area contributed by atoms with E-state index in [0.29, 0.717) is 12.1 Å². The van der Waals surface area contributed by atoms with Crippen LogP contribution in [-0.4, -0.2) is 30.1 Å². The Morgan fingerprint density at radius 1 is 1.26 bits per heavy atom. The monoisotopic (exact) mass is 404 g/mol. The van der Waals surface area contributed by atoms with Crippen LogP contribution in [0.5, 0.6) is 5.88 Å². The Hall–Kier alpha value is -2.88. The van der Waals surface area contributed by atoms with Crippen molar-refractivity contribution in [2.45, 2.75) is 12.1 Å². The van der Waals surface area contributed by atoms with Crippen LogP contribution in [0.25, 0.3) is 0 Å². The van der Waals surface area contributed by atoms with E-state index in [4.69, 9.17) is 16.3 Å². The minimum atomic E-state index is -4.79. The topological polar surface area (TPSA) is 91.6 Å². The summed E-state index contributed by atoms with van der Waals surface area (Å²) in [6.07, 6.45) is -3.57. The number of nitro benzene ring substituents is 1. The lowest BCUT2D eigenvalue weighted by Gasteiger charge is -2.18. The lowest BCUT2D eigenvalue weighted by molar-refractivity contribution is -0.385. The number of alkyl halides is 3. The van der Waals surface area contributed by atoms with Crippen molar-refractivity contribution in [3.63, 3.8) is 0 Å². The Balaban J connectivity index is 2.77. The first kappa shape index (κ1) is 20.4. The van der Waals surface area contributed by atoms with E-state index in [0.717, 1.165) is 13.2 Å². The molecule has 11 heteroatoms. The summed E-state index contributed by atoms with van der Waals surface area (Å²) in [7, 11) is 2.28. The number of nitrogens with zero attached hydrogens (tertiary/aromatic N) is 2. The molecule has 0 radical (unpaired) electrons. The van der Waals surface area contributed by atoms with Crippen LogP contribution >= 0.6 is 11.6 Å². The number of hydrogen-bond acceptors (Lipinski definition) is 6. The third kappa shape index (κ3) is 4.27. The van der Waals surface area contributed by atoms with Gasteiger partial charge in [0.1, 0.15) is 5.92 Å². The quantitative estimate of drug-likeness (QED) is 0.425. The van der Waals surface area contributed by atoms with E-state index in [2.05, 4.69) is 9.72 Å². The Morgan fingerprint density at radius 3 is 2.44 bits per heavy atom. The third-order valence-electron chi connectivity index (χ3n) is 3.65. The molecule has 0 saturated carbocycles. The van der Waals surface area contributed by atoms with Crippen LogP contribution in [0.1, 0.15) is 22.6 Å². The van der Waals surface area contributed by atoms with Crippen molar-refractivity contribution in [1.82, 2.24) is 4.98 Å². The van der Waals surface area contributed by atoms with Crippen LogP contribution in [-0.2, 0) is 15.7 Å². The second kappa shape index (κ2) is 7.78. The Labute approximate surface area is 155 Å². The maximum Gasteiger partial charge on any atom is 0.416 e. The van der Waals surface area contributed by atoms with Crippen LogP contribution in [0.3, 0.4) is 0 Å². The number of carbonyl (C=O) groups is 1. The number of methoxy groups -OCH3 is 2. The van der Waals surface area contributed by atoms with E-state index in [1.54, 1.807) is 0 Å². The van der Waals surface area contributed by atoms with Crippen LogP contribution in [0, 0.1) is 10.1 Å². The summed E-state index contributed by atoms with van der Waals surface area (Å²) in [5, 5.41) is 11.5. The molecule has 1 unspecified atom stereocenters. The molecule has 7 nitrogen and oxygen atoms in total. The predicted octanol–water partition coefficient (Wildman–Crippen LogP) is 3.98. The number of ether oxygens (including phenoxy) is 2. The number of hydrogen-bond donors (Lipinski definition) is 0. The fraction of sp³-hybridized carbons (Fsp3) is 0.250. The first-order valence-corrected chi connectivity index (χ1v) is 7.60. The summed E-state index contributed by atoms with van der Waals surface area (Å²) in [6.45, 7) is 0. The van der Waals surface area contributed by atoms with Crippen molar-refractivity contribution in [3.8, 4) is 5.88 Å². The zero-order valence-electron chi connectivity index (χ0n) is 13.9. The first-order chi connectivity index (χ1) is 12.6. The van der Waals surface area contributed by atoms with Gasteiger partial charge in [-0.1, -0.05) is 17.7 Å². The molecule has 1 aromatic carbocycles. The summed E-state index contributed by atoms with van der Waals surface area (Å²) in [4.78, 5) is 26.6. The number of nitro groups is 1. The van der Waals surface area contributed by atoms with E-state index in [1.807, 2.05) is 0 Å². The largest absolute Gasteiger partial charge is 0.481 e. The van der Waals surface area contributed by atoms with Gasteiger partial charge in [0.05, 0.1) is 29.7 Å². The molecule has 0 amide bonds. The lowest BCUT2D eigenvalue weighted by Crippen LogP contribution is -2.19. The molecule has 0 fully saturated rings. The highest BCUT2D eigenvalue weighted by molar-refractivity contribution is 6.30. The molecule has 1 aromatic heterocycles. The molecule has 0 aliphatic rings. The molecule has 2 rings (SSSR count). The number of esters is 1. The van der Waals surface area contributed by atoms with Gasteiger partial charge in [-0.25, -0.2) is 4.98 Å². The molecule has 0 aliphatic carbocycles. The molecule has 2 aromatic rings. The van der Waals surface area contributed by atoms with Crippen LogP contribution in [0.2, 0.25) is 5.02 Å². The van der Waals surface area contributed by atoms with Crippen molar-refractivity contribution >= 4 is 23.3 Å². The van der Waals surface area contributed by atoms with Gasteiger partial charge in [-0.2, -0.15) is 13.2 Å². The molecule has 0 saturated heterocycles. The van der Waals surface area contributed by atoms with Gasteiger partial charge in [-0.15, -0.1) is 0 Å². The van der Waals surface area contributed by atoms with Crippen LogP contribution in [0.4, 0.5) is 18.9 Å². The molecule has 0 bridgehead atoms. The standard InChI is InChI=1S/C16H12ClF3N2O5/c1-26-14-11(6-9(17)7-21-14)13(15(23)27-2)10-4-3-8(16(18,19)20)5-12(10)22(24)25/h3-7,13H,1-2H3. The second-order valence-electron chi connectivity index (χ2n) is 5.24. The Kier molecular flexibility index (Phi) is 5.89. The molecule has 144 valence electrons. The highest BCUT2D eigenvalue weighted by atomic mass is 35.5. The Bertz CT molecular complexity index is 889. The van der Waals surface area contributed by atoms with Crippen molar-refractivity contribution in [2.24, 2.45) is 0 Å². The third-order valence-corrected chi connectivity index (χ3v) is 3.86. The number of aromatic nitrogens is 1. The minimum Gasteiger partial charge on any atom is -0.481 e. The average Bonchev–Trinajstić information content (AvgIpc) is 2.61.